The first-order chi connectivity index (χ1) is 9.49. The van der Waals surface area contributed by atoms with Crippen LogP contribution in [0.2, 0.25) is 0 Å². The summed E-state index contributed by atoms with van der Waals surface area (Å²) in [6, 6.07) is 7.86. The Kier molecular flexibility index (Phi) is 4.78. The molecule has 0 atom stereocenters. The zero-order valence-corrected chi connectivity index (χ0v) is 12.4. The number of carbonyl (C=O) groups is 1. The number of rotatable bonds is 5. The van der Waals surface area contributed by atoms with E-state index in [2.05, 4.69) is 24.3 Å². The van der Waals surface area contributed by atoms with Gasteiger partial charge in [-0.1, -0.05) is 12.1 Å². The second kappa shape index (κ2) is 6.37. The number of nitrogens with zero attached hydrogens (tertiary/aromatic N) is 1. The van der Waals surface area contributed by atoms with Crippen molar-refractivity contribution in [1.29, 1.82) is 0 Å². The minimum Gasteiger partial charge on any atom is -0.380 e. The van der Waals surface area contributed by atoms with Crippen LogP contribution in [0.5, 0.6) is 0 Å². The van der Waals surface area contributed by atoms with Crippen molar-refractivity contribution in [3.05, 3.63) is 29.8 Å². The van der Waals surface area contributed by atoms with E-state index in [1.807, 2.05) is 24.3 Å². The molecule has 20 heavy (non-hydrogen) atoms. The monoisotopic (exact) mass is 276 g/mol. The lowest BCUT2D eigenvalue weighted by atomic mass is 10.0. The van der Waals surface area contributed by atoms with Gasteiger partial charge in [-0.25, -0.2) is 0 Å². The van der Waals surface area contributed by atoms with Crippen LogP contribution in [0.4, 0.5) is 5.69 Å². The predicted molar refractivity (Wildman–Crippen MR) is 80.7 cm³/mol. The molecule has 4 heteroatoms. The maximum Gasteiger partial charge on any atom is 0.256 e. The molecule has 0 heterocycles. The molecule has 0 aromatic heterocycles. The second-order valence-electron chi connectivity index (χ2n) is 5.94. The number of benzene rings is 1. The quantitative estimate of drug-likeness (QED) is 0.865. The van der Waals surface area contributed by atoms with E-state index in [1.165, 1.54) is 5.56 Å². The molecule has 1 aromatic carbocycles. The molecule has 1 aliphatic rings. The lowest BCUT2D eigenvalue weighted by Gasteiger charge is -2.21. The standard InChI is InChI=1S/C16H24N2O2/c1-18(2)12-9-13-5-7-14(8-6-13)17-15(19)16(20)10-3-4-11-16/h5-8,20H,3-4,9-12H2,1-2H3,(H,17,19). The molecule has 2 rings (SSSR count). The molecule has 0 aliphatic heterocycles. The summed E-state index contributed by atoms with van der Waals surface area (Å²) in [4.78, 5) is 14.2. The Morgan fingerprint density at radius 1 is 1.25 bits per heavy atom. The van der Waals surface area contributed by atoms with Gasteiger partial charge in [-0.15, -0.1) is 0 Å². The van der Waals surface area contributed by atoms with Crippen LogP contribution in [-0.2, 0) is 11.2 Å². The molecular weight excluding hydrogens is 252 g/mol. The Bertz CT molecular complexity index is 448. The van der Waals surface area contributed by atoms with E-state index in [1.54, 1.807) is 0 Å². The number of carbonyl (C=O) groups excluding carboxylic acids is 1. The summed E-state index contributed by atoms with van der Waals surface area (Å²) >= 11 is 0. The second-order valence-corrected chi connectivity index (χ2v) is 5.94. The number of anilines is 1. The van der Waals surface area contributed by atoms with Crippen molar-refractivity contribution in [3.8, 4) is 0 Å². The number of likely N-dealkylation sites (N-methyl/N-ethyl adjacent to an activating group) is 1. The summed E-state index contributed by atoms with van der Waals surface area (Å²) in [5.74, 6) is -0.268. The zero-order chi connectivity index (χ0) is 14.6. The van der Waals surface area contributed by atoms with Crippen LogP contribution in [0.1, 0.15) is 31.2 Å². The molecule has 1 saturated carbocycles. The van der Waals surface area contributed by atoms with E-state index in [-0.39, 0.29) is 5.91 Å². The first-order valence-corrected chi connectivity index (χ1v) is 7.27. The average Bonchev–Trinajstić information content (AvgIpc) is 2.86. The highest BCUT2D eigenvalue weighted by Crippen LogP contribution is 2.30. The normalized spacial score (nSPS) is 17.4. The predicted octanol–water partition coefficient (Wildman–Crippen LogP) is 2.03. The fourth-order valence-corrected chi connectivity index (χ4v) is 2.54. The van der Waals surface area contributed by atoms with Crippen molar-refractivity contribution >= 4 is 11.6 Å². The Morgan fingerprint density at radius 2 is 1.85 bits per heavy atom. The van der Waals surface area contributed by atoms with Gasteiger partial charge in [0.1, 0.15) is 5.60 Å². The van der Waals surface area contributed by atoms with Crippen LogP contribution >= 0.6 is 0 Å². The Balaban J connectivity index is 1.91. The summed E-state index contributed by atoms with van der Waals surface area (Å²) < 4.78 is 0. The van der Waals surface area contributed by atoms with Crippen LogP contribution in [0.15, 0.2) is 24.3 Å². The average molecular weight is 276 g/mol. The van der Waals surface area contributed by atoms with Gasteiger partial charge in [0.2, 0.25) is 0 Å². The largest absolute Gasteiger partial charge is 0.380 e. The third kappa shape index (κ3) is 3.81. The van der Waals surface area contributed by atoms with Crippen LogP contribution in [0.25, 0.3) is 0 Å². The van der Waals surface area contributed by atoms with Gasteiger partial charge in [-0.05, 0) is 63.9 Å². The molecule has 1 aliphatic carbocycles. The Hall–Kier alpha value is -1.39. The molecule has 0 radical (unpaired) electrons. The molecule has 1 fully saturated rings. The third-order valence-corrected chi connectivity index (χ3v) is 3.91. The van der Waals surface area contributed by atoms with Gasteiger partial charge in [0.05, 0.1) is 0 Å². The number of aliphatic hydroxyl groups is 1. The van der Waals surface area contributed by atoms with Crippen molar-refractivity contribution in [3.63, 3.8) is 0 Å². The summed E-state index contributed by atoms with van der Waals surface area (Å²) in [7, 11) is 4.10. The molecular formula is C16H24N2O2. The molecule has 0 bridgehead atoms. The van der Waals surface area contributed by atoms with Gasteiger partial charge >= 0.3 is 0 Å². The van der Waals surface area contributed by atoms with E-state index in [4.69, 9.17) is 0 Å². The maximum absolute atomic E-state index is 12.1. The Labute approximate surface area is 120 Å². The van der Waals surface area contributed by atoms with Gasteiger partial charge < -0.3 is 15.3 Å². The number of hydrogen-bond donors (Lipinski definition) is 2. The van der Waals surface area contributed by atoms with E-state index in [0.29, 0.717) is 12.8 Å². The van der Waals surface area contributed by atoms with E-state index >= 15 is 0 Å². The molecule has 2 N–H and O–H groups in total. The Morgan fingerprint density at radius 3 is 2.40 bits per heavy atom. The lowest BCUT2D eigenvalue weighted by molar-refractivity contribution is -0.133. The molecule has 110 valence electrons. The molecule has 1 amide bonds. The summed E-state index contributed by atoms with van der Waals surface area (Å²) in [5.41, 5.74) is 0.837. The van der Waals surface area contributed by atoms with E-state index < -0.39 is 5.60 Å². The van der Waals surface area contributed by atoms with Crippen molar-refractivity contribution in [2.75, 3.05) is 26.0 Å². The van der Waals surface area contributed by atoms with Gasteiger partial charge in [-0.2, -0.15) is 0 Å². The lowest BCUT2D eigenvalue weighted by Crippen LogP contribution is -2.40. The number of hydrogen-bond acceptors (Lipinski definition) is 3. The topological polar surface area (TPSA) is 52.6 Å². The van der Waals surface area contributed by atoms with Crippen molar-refractivity contribution in [2.24, 2.45) is 0 Å². The molecule has 1 aromatic rings. The van der Waals surface area contributed by atoms with E-state index in [0.717, 1.165) is 31.5 Å². The van der Waals surface area contributed by atoms with Gasteiger partial charge in [0.25, 0.3) is 5.91 Å². The minimum absolute atomic E-state index is 0.268. The maximum atomic E-state index is 12.1. The SMILES string of the molecule is CN(C)CCc1ccc(NC(=O)C2(O)CCCC2)cc1. The smallest absolute Gasteiger partial charge is 0.256 e. The number of nitrogens with one attached hydrogen (secondary N) is 1. The van der Waals surface area contributed by atoms with Crippen molar-refractivity contribution in [2.45, 2.75) is 37.7 Å². The third-order valence-electron chi connectivity index (χ3n) is 3.91. The molecule has 0 unspecified atom stereocenters. The van der Waals surface area contributed by atoms with Gasteiger partial charge in [-0.3, -0.25) is 4.79 Å². The molecule has 4 nitrogen and oxygen atoms in total. The minimum atomic E-state index is -1.16. The summed E-state index contributed by atoms with van der Waals surface area (Å²) in [6.45, 7) is 1.01. The first-order valence-electron chi connectivity index (χ1n) is 7.27. The highest BCUT2D eigenvalue weighted by Gasteiger charge is 2.38. The first kappa shape index (κ1) is 15.0. The highest BCUT2D eigenvalue weighted by atomic mass is 16.3. The van der Waals surface area contributed by atoms with Crippen LogP contribution in [-0.4, -0.2) is 42.2 Å². The van der Waals surface area contributed by atoms with Gasteiger partial charge in [0, 0.05) is 12.2 Å². The fraction of sp³-hybridized carbons (Fsp3) is 0.562. The fourth-order valence-electron chi connectivity index (χ4n) is 2.54. The molecule has 0 spiro atoms. The number of amides is 1. The van der Waals surface area contributed by atoms with Crippen LogP contribution in [0.3, 0.4) is 0 Å². The van der Waals surface area contributed by atoms with Crippen LogP contribution < -0.4 is 5.32 Å². The summed E-state index contributed by atoms with van der Waals surface area (Å²) in [6.07, 6.45) is 3.98. The highest BCUT2D eigenvalue weighted by molar-refractivity contribution is 5.97. The zero-order valence-electron chi connectivity index (χ0n) is 12.4. The van der Waals surface area contributed by atoms with Crippen molar-refractivity contribution in [1.82, 2.24) is 4.90 Å². The van der Waals surface area contributed by atoms with Gasteiger partial charge in [0.15, 0.2) is 0 Å². The van der Waals surface area contributed by atoms with Crippen LogP contribution in [0, 0.1) is 0 Å². The molecule has 0 saturated heterocycles. The summed E-state index contributed by atoms with van der Waals surface area (Å²) in [5, 5.41) is 13.0. The van der Waals surface area contributed by atoms with Crippen molar-refractivity contribution < 1.29 is 9.90 Å². The van der Waals surface area contributed by atoms with E-state index in [9.17, 15) is 9.90 Å².